The van der Waals surface area contributed by atoms with Crippen molar-refractivity contribution in [1.29, 1.82) is 0 Å². The van der Waals surface area contributed by atoms with Crippen molar-refractivity contribution < 1.29 is 13.2 Å². The average Bonchev–Trinajstić information content (AvgIpc) is 2.95. The number of halogens is 4. The lowest BCUT2D eigenvalue weighted by atomic mass is 10.2. The maximum atomic E-state index is 12.8. The highest BCUT2D eigenvalue weighted by atomic mass is 127. The summed E-state index contributed by atoms with van der Waals surface area (Å²) < 4.78 is 38.5. The van der Waals surface area contributed by atoms with Gasteiger partial charge in [0.2, 0.25) is 0 Å². The van der Waals surface area contributed by atoms with Gasteiger partial charge < -0.3 is 10.2 Å². The highest BCUT2D eigenvalue weighted by Gasteiger charge is 2.41. The molecule has 5 nitrogen and oxygen atoms in total. The van der Waals surface area contributed by atoms with Crippen LogP contribution in [0.1, 0.15) is 23.7 Å². The van der Waals surface area contributed by atoms with E-state index in [4.69, 9.17) is 0 Å². The summed E-state index contributed by atoms with van der Waals surface area (Å²) in [6.07, 6.45) is -2.36. The van der Waals surface area contributed by atoms with Crippen LogP contribution < -0.4 is 5.32 Å². The monoisotopic (exact) mass is 491 g/mol. The zero-order chi connectivity index (χ0) is 17.7. The molecule has 25 heavy (non-hydrogen) atoms. The summed E-state index contributed by atoms with van der Waals surface area (Å²) in [6, 6.07) is -1.41. The van der Waals surface area contributed by atoms with Gasteiger partial charge in [0, 0.05) is 43.8 Å². The number of nitrogens with one attached hydrogen (secondary N) is 1. The number of aromatic nitrogens is 1. The predicted molar refractivity (Wildman–Crippen MR) is 106 cm³/mol. The third kappa shape index (κ3) is 6.55. The van der Waals surface area contributed by atoms with Crippen LogP contribution in [0.4, 0.5) is 13.2 Å². The van der Waals surface area contributed by atoms with Crippen LogP contribution in [0.2, 0.25) is 0 Å². The topological polar surface area (TPSA) is 43.8 Å². The van der Waals surface area contributed by atoms with Crippen LogP contribution in [0.15, 0.2) is 11.2 Å². The summed E-state index contributed by atoms with van der Waals surface area (Å²) in [4.78, 5) is 13.5. The summed E-state index contributed by atoms with van der Waals surface area (Å²) in [6.45, 7) is 8.21. The molecule has 1 saturated heterocycles. The lowest BCUT2D eigenvalue weighted by Gasteiger charge is -2.39. The second-order valence-electron chi connectivity index (χ2n) is 5.78. The molecule has 1 aromatic rings. The van der Waals surface area contributed by atoms with Crippen molar-refractivity contribution in [2.45, 2.75) is 39.5 Å². The van der Waals surface area contributed by atoms with Gasteiger partial charge in [0.05, 0.1) is 6.54 Å². The first-order chi connectivity index (χ1) is 11.3. The van der Waals surface area contributed by atoms with Crippen LogP contribution in [0, 0.1) is 6.92 Å². The number of thiazole rings is 1. The zero-order valence-electron chi connectivity index (χ0n) is 14.6. The van der Waals surface area contributed by atoms with Crippen molar-refractivity contribution in [1.82, 2.24) is 20.1 Å². The van der Waals surface area contributed by atoms with Crippen LogP contribution in [-0.2, 0) is 6.54 Å². The number of aryl methyl sites for hydroxylation is 1. The molecule has 0 aromatic carbocycles. The second kappa shape index (κ2) is 9.91. The molecule has 0 spiro atoms. The van der Waals surface area contributed by atoms with Gasteiger partial charge in [-0.3, -0.25) is 4.90 Å². The van der Waals surface area contributed by atoms with E-state index >= 15 is 0 Å². The van der Waals surface area contributed by atoms with E-state index in [1.165, 1.54) is 11.8 Å². The molecule has 0 aliphatic carbocycles. The third-order valence-corrected chi connectivity index (χ3v) is 4.90. The standard InChI is InChI=1S/C15H24F3N5S.HI/c1-4-19-14(21-10-13-20-9-11(2)24-13)23-7-5-22(6-8-23)12(3)15(16,17)18;/h9,12H,4-8,10H2,1-3H3,(H,19,21);1H. The van der Waals surface area contributed by atoms with E-state index in [9.17, 15) is 13.2 Å². The first-order valence-electron chi connectivity index (χ1n) is 8.06. The minimum absolute atomic E-state index is 0. The molecule has 1 N–H and O–H groups in total. The number of guanidine groups is 1. The molecule has 1 aromatic heterocycles. The number of hydrogen-bond acceptors (Lipinski definition) is 4. The quantitative estimate of drug-likeness (QED) is 0.400. The maximum absolute atomic E-state index is 12.8. The summed E-state index contributed by atoms with van der Waals surface area (Å²) in [7, 11) is 0. The van der Waals surface area contributed by atoms with Crippen LogP contribution in [0.5, 0.6) is 0 Å². The fourth-order valence-corrected chi connectivity index (χ4v) is 3.28. The summed E-state index contributed by atoms with van der Waals surface area (Å²) in [5, 5.41) is 4.15. The maximum Gasteiger partial charge on any atom is 0.403 e. The third-order valence-electron chi connectivity index (χ3n) is 4.00. The number of hydrogen-bond donors (Lipinski definition) is 1. The average molecular weight is 491 g/mol. The van der Waals surface area contributed by atoms with Crippen molar-refractivity contribution >= 4 is 41.3 Å². The Morgan fingerprint density at radius 1 is 1.36 bits per heavy atom. The Balaban J connectivity index is 0.00000312. The Kier molecular flexibility index (Phi) is 8.89. The van der Waals surface area contributed by atoms with E-state index in [2.05, 4.69) is 15.3 Å². The number of nitrogens with zero attached hydrogens (tertiary/aromatic N) is 4. The number of aliphatic imine (C=N–C) groups is 1. The van der Waals surface area contributed by atoms with Gasteiger partial charge in [-0.05, 0) is 20.8 Å². The van der Waals surface area contributed by atoms with Crippen molar-refractivity contribution in [3.05, 3.63) is 16.1 Å². The highest BCUT2D eigenvalue weighted by Crippen LogP contribution is 2.25. The van der Waals surface area contributed by atoms with Gasteiger partial charge >= 0.3 is 6.18 Å². The van der Waals surface area contributed by atoms with Gasteiger partial charge in [-0.1, -0.05) is 0 Å². The zero-order valence-corrected chi connectivity index (χ0v) is 17.8. The molecular formula is C15H25F3IN5S. The molecule has 1 aliphatic rings. The first kappa shape index (κ1) is 22.4. The Bertz CT molecular complexity index is 556. The van der Waals surface area contributed by atoms with Gasteiger partial charge in [0.1, 0.15) is 11.0 Å². The largest absolute Gasteiger partial charge is 0.403 e. The Labute approximate surface area is 167 Å². The number of piperazine rings is 1. The van der Waals surface area contributed by atoms with E-state index in [0.717, 1.165) is 22.4 Å². The van der Waals surface area contributed by atoms with Crippen LogP contribution in [-0.4, -0.2) is 65.7 Å². The minimum Gasteiger partial charge on any atom is -0.357 e. The molecule has 2 heterocycles. The molecule has 1 atom stereocenters. The van der Waals surface area contributed by atoms with E-state index in [-0.39, 0.29) is 24.0 Å². The van der Waals surface area contributed by atoms with Gasteiger partial charge in [-0.25, -0.2) is 9.98 Å². The Hall–Kier alpha value is -0.620. The Morgan fingerprint density at radius 3 is 2.48 bits per heavy atom. The molecule has 2 rings (SSSR count). The molecule has 1 aliphatic heterocycles. The summed E-state index contributed by atoms with van der Waals surface area (Å²) in [5.74, 6) is 0.740. The Morgan fingerprint density at radius 2 is 2.00 bits per heavy atom. The molecule has 144 valence electrons. The van der Waals surface area contributed by atoms with Crippen molar-refractivity contribution in [2.24, 2.45) is 4.99 Å². The van der Waals surface area contributed by atoms with Crippen molar-refractivity contribution in [3.63, 3.8) is 0 Å². The molecule has 0 bridgehead atoms. The van der Waals surface area contributed by atoms with Gasteiger partial charge in [0.25, 0.3) is 0 Å². The summed E-state index contributed by atoms with van der Waals surface area (Å²) in [5.41, 5.74) is 0. The van der Waals surface area contributed by atoms with Crippen LogP contribution >= 0.6 is 35.3 Å². The molecule has 1 unspecified atom stereocenters. The molecule has 1 fully saturated rings. The van der Waals surface area contributed by atoms with Gasteiger partial charge in [0.15, 0.2) is 5.96 Å². The fourth-order valence-electron chi connectivity index (χ4n) is 2.57. The van der Waals surface area contributed by atoms with E-state index < -0.39 is 12.2 Å². The van der Waals surface area contributed by atoms with Gasteiger partial charge in [-0.2, -0.15) is 13.2 Å². The van der Waals surface area contributed by atoms with Crippen LogP contribution in [0.25, 0.3) is 0 Å². The highest BCUT2D eigenvalue weighted by molar-refractivity contribution is 14.0. The number of rotatable bonds is 4. The SMILES string of the molecule is CCNC(=NCc1ncc(C)s1)N1CCN(C(C)C(F)(F)F)CC1.I. The first-order valence-corrected chi connectivity index (χ1v) is 8.88. The van der Waals surface area contributed by atoms with E-state index in [1.54, 1.807) is 11.3 Å². The van der Waals surface area contributed by atoms with E-state index in [0.29, 0.717) is 32.7 Å². The molecule has 0 saturated carbocycles. The summed E-state index contributed by atoms with van der Waals surface area (Å²) >= 11 is 1.60. The van der Waals surface area contributed by atoms with E-state index in [1.807, 2.05) is 24.9 Å². The second-order valence-corrected chi connectivity index (χ2v) is 7.09. The minimum atomic E-state index is -4.18. The normalized spacial score (nSPS) is 18.0. The smallest absolute Gasteiger partial charge is 0.357 e. The van der Waals surface area contributed by atoms with Crippen molar-refractivity contribution in [2.75, 3.05) is 32.7 Å². The van der Waals surface area contributed by atoms with Gasteiger partial charge in [-0.15, -0.1) is 35.3 Å². The molecule has 0 radical (unpaired) electrons. The lowest BCUT2D eigenvalue weighted by molar-refractivity contribution is -0.181. The molecule has 10 heteroatoms. The lowest BCUT2D eigenvalue weighted by Crippen LogP contribution is -2.56. The van der Waals surface area contributed by atoms with Crippen LogP contribution in [0.3, 0.4) is 0 Å². The molecular weight excluding hydrogens is 466 g/mol. The molecule has 0 amide bonds. The fraction of sp³-hybridized carbons (Fsp3) is 0.733. The van der Waals surface area contributed by atoms with Crippen molar-refractivity contribution in [3.8, 4) is 0 Å². The number of alkyl halides is 3. The predicted octanol–water partition coefficient (Wildman–Crippen LogP) is 3.10.